The molecule has 1 rings (SSSR count). The Hall–Kier alpha value is -0.630. The van der Waals surface area contributed by atoms with Gasteiger partial charge in [-0.2, -0.15) is 24.9 Å². The Labute approximate surface area is 141 Å². The van der Waals surface area contributed by atoms with Gasteiger partial charge < -0.3 is 10.2 Å². The summed E-state index contributed by atoms with van der Waals surface area (Å²) in [7, 11) is 1.76. The van der Waals surface area contributed by atoms with Gasteiger partial charge in [-0.05, 0) is 37.3 Å². The Balaban J connectivity index is 2.40. The molecule has 0 aromatic rings. The summed E-state index contributed by atoms with van der Waals surface area (Å²) in [5, 5.41) is 3.34. The molecule has 0 aliphatic carbocycles. The molecule has 1 aliphatic rings. The number of nitrogens with zero attached hydrogens (tertiary/aromatic N) is 3. The van der Waals surface area contributed by atoms with Crippen LogP contribution in [0.25, 0.3) is 0 Å². The topological polar surface area (TPSA) is 30.9 Å². The van der Waals surface area contributed by atoms with Gasteiger partial charge in [0.25, 0.3) is 0 Å². The van der Waals surface area contributed by atoms with Crippen molar-refractivity contribution in [3.63, 3.8) is 0 Å². The van der Waals surface area contributed by atoms with Gasteiger partial charge in [0, 0.05) is 33.2 Å². The van der Waals surface area contributed by atoms with Gasteiger partial charge >= 0.3 is 6.18 Å². The standard InChI is InChI=1S/C15H29F3N4S/c1-4-21(12-15(16,17)18)10-13-6-8-22(11-13)14(19-2)20-7-5-9-23-3/h13H,4-12H2,1-3H3,(H,19,20). The summed E-state index contributed by atoms with van der Waals surface area (Å²) < 4.78 is 37.6. The Morgan fingerprint density at radius 1 is 1.43 bits per heavy atom. The first kappa shape index (κ1) is 20.4. The van der Waals surface area contributed by atoms with Crippen molar-refractivity contribution in [1.29, 1.82) is 0 Å². The van der Waals surface area contributed by atoms with E-state index in [-0.39, 0.29) is 5.92 Å². The highest BCUT2D eigenvalue weighted by atomic mass is 32.2. The van der Waals surface area contributed by atoms with Crippen LogP contribution in [0.3, 0.4) is 0 Å². The SMILES string of the molecule is CCN(CC1CCN(C(=NC)NCCCSC)C1)CC(F)(F)F. The van der Waals surface area contributed by atoms with E-state index in [4.69, 9.17) is 0 Å². The van der Waals surface area contributed by atoms with Crippen molar-refractivity contribution < 1.29 is 13.2 Å². The van der Waals surface area contributed by atoms with Crippen LogP contribution in [0.5, 0.6) is 0 Å². The molecule has 1 N–H and O–H groups in total. The molecule has 1 saturated heterocycles. The number of alkyl halides is 3. The lowest BCUT2D eigenvalue weighted by atomic mass is 10.1. The van der Waals surface area contributed by atoms with Crippen molar-refractivity contribution in [1.82, 2.24) is 15.1 Å². The van der Waals surface area contributed by atoms with E-state index < -0.39 is 12.7 Å². The molecule has 0 aromatic carbocycles. The van der Waals surface area contributed by atoms with E-state index in [0.29, 0.717) is 13.1 Å². The number of hydrogen-bond acceptors (Lipinski definition) is 3. The van der Waals surface area contributed by atoms with E-state index in [2.05, 4.69) is 21.5 Å². The minimum atomic E-state index is -4.12. The molecule has 0 amide bonds. The van der Waals surface area contributed by atoms with Crippen molar-refractivity contribution in [2.75, 3.05) is 58.3 Å². The van der Waals surface area contributed by atoms with Gasteiger partial charge in [0.1, 0.15) is 0 Å². The highest BCUT2D eigenvalue weighted by molar-refractivity contribution is 7.98. The van der Waals surface area contributed by atoms with Crippen LogP contribution in [0, 0.1) is 5.92 Å². The second kappa shape index (κ2) is 10.3. The molecule has 1 heterocycles. The van der Waals surface area contributed by atoms with Gasteiger partial charge in [0.15, 0.2) is 5.96 Å². The molecule has 0 aromatic heterocycles. The number of guanidine groups is 1. The van der Waals surface area contributed by atoms with E-state index >= 15 is 0 Å². The Morgan fingerprint density at radius 2 is 2.17 bits per heavy atom. The van der Waals surface area contributed by atoms with Gasteiger partial charge in [-0.1, -0.05) is 6.92 Å². The first-order chi connectivity index (χ1) is 10.9. The van der Waals surface area contributed by atoms with Crippen LogP contribution >= 0.6 is 11.8 Å². The third-order valence-corrected chi connectivity index (χ3v) is 4.67. The predicted molar refractivity (Wildman–Crippen MR) is 92.2 cm³/mol. The summed E-state index contributed by atoms with van der Waals surface area (Å²) in [6.45, 7) is 4.40. The van der Waals surface area contributed by atoms with Crippen LogP contribution in [0.2, 0.25) is 0 Å². The smallest absolute Gasteiger partial charge is 0.356 e. The van der Waals surface area contributed by atoms with E-state index in [1.54, 1.807) is 14.0 Å². The molecule has 1 atom stereocenters. The Kier molecular flexibility index (Phi) is 9.12. The predicted octanol–water partition coefficient (Wildman–Crippen LogP) is 2.52. The third-order valence-electron chi connectivity index (χ3n) is 3.97. The number of aliphatic imine (C=N–C) groups is 1. The molecule has 1 fully saturated rings. The lowest BCUT2D eigenvalue weighted by Gasteiger charge is -2.26. The third kappa shape index (κ3) is 8.15. The fourth-order valence-corrected chi connectivity index (χ4v) is 3.28. The Morgan fingerprint density at radius 3 is 2.74 bits per heavy atom. The summed E-state index contributed by atoms with van der Waals surface area (Å²) in [5.74, 6) is 2.24. The van der Waals surface area contributed by atoms with E-state index in [0.717, 1.165) is 44.2 Å². The number of rotatable bonds is 8. The first-order valence-corrected chi connectivity index (χ1v) is 9.52. The molecule has 1 unspecified atom stereocenters. The second-order valence-electron chi connectivity index (χ2n) is 5.86. The maximum Gasteiger partial charge on any atom is 0.401 e. The van der Waals surface area contributed by atoms with Gasteiger partial charge in [-0.3, -0.25) is 9.89 Å². The molecule has 0 radical (unpaired) electrons. The summed E-state index contributed by atoms with van der Waals surface area (Å²) in [4.78, 5) is 7.94. The van der Waals surface area contributed by atoms with Crippen molar-refractivity contribution in [2.24, 2.45) is 10.9 Å². The van der Waals surface area contributed by atoms with Gasteiger partial charge in [-0.25, -0.2) is 0 Å². The molecule has 136 valence electrons. The van der Waals surface area contributed by atoms with Gasteiger partial charge in [0.05, 0.1) is 6.54 Å². The monoisotopic (exact) mass is 354 g/mol. The van der Waals surface area contributed by atoms with Crippen LogP contribution in [0.1, 0.15) is 19.8 Å². The van der Waals surface area contributed by atoms with Gasteiger partial charge in [0.2, 0.25) is 0 Å². The number of halogens is 3. The normalized spacial score (nSPS) is 19.7. The van der Waals surface area contributed by atoms with Gasteiger partial charge in [-0.15, -0.1) is 0 Å². The quantitative estimate of drug-likeness (QED) is 0.412. The molecule has 4 nitrogen and oxygen atoms in total. The van der Waals surface area contributed by atoms with Crippen LogP contribution in [0.4, 0.5) is 13.2 Å². The zero-order valence-corrected chi connectivity index (χ0v) is 15.1. The van der Waals surface area contributed by atoms with Crippen molar-refractivity contribution in [2.45, 2.75) is 25.9 Å². The summed E-state index contributed by atoms with van der Waals surface area (Å²) >= 11 is 1.82. The highest BCUT2D eigenvalue weighted by Crippen LogP contribution is 2.21. The van der Waals surface area contributed by atoms with Crippen LogP contribution < -0.4 is 5.32 Å². The van der Waals surface area contributed by atoms with Crippen LogP contribution in [-0.4, -0.2) is 80.3 Å². The van der Waals surface area contributed by atoms with Crippen LogP contribution in [0.15, 0.2) is 4.99 Å². The lowest BCUT2D eigenvalue weighted by Crippen LogP contribution is -2.42. The molecule has 0 saturated carbocycles. The largest absolute Gasteiger partial charge is 0.401 e. The molecule has 1 aliphatic heterocycles. The van der Waals surface area contributed by atoms with Crippen molar-refractivity contribution >= 4 is 17.7 Å². The second-order valence-corrected chi connectivity index (χ2v) is 6.85. The van der Waals surface area contributed by atoms with Crippen molar-refractivity contribution in [3.05, 3.63) is 0 Å². The average Bonchev–Trinajstić information content (AvgIpc) is 2.93. The zero-order chi connectivity index (χ0) is 17.3. The maximum absolute atomic E-state index is 12.5. The number of nitrogens with one attached hydrogen (secondary N) is 1. The zero-order valence-electron chi connectivity index (χ0n) is 14.3. The maximum atomic E-state index is 12.5. The fourth-order valence-electron chi connectivity index (χ4n) is 2.85. The minimum absolute atomic E-state index is 0.266. The highest BCUT2D eigenvalue weighted by Gasteiger charge is 2.32. The summed E-state index contributed by atoms with van der Waals surface area (Å²) in [5.41, 5.74) is 0. The average molecular weight is 354 g/mol. The van der Waals surface area contributed by atoms with E-state index in [1.807, 2.05) is 11.8 Å². The number of likely N-dealkylation sites (tertiary alicyclic amines) is 1. The number of thioether (sulfide) groups is 1. The lowest BCUT2D eigenvalue weighted by molar-refractivity contribution is -0.146. The summed E-state index contributed by atoms with van der Waals surface area (Å²) in [6.07, 6.45) is -0.0456. The molecular formula is C15H29F3N4S. The van der Waals surface area contributed by atoms with E-state index in [1.165, 1.54) is 4.90 Å². The Bertz CT molecular complexity index is 363. The van der Waals surface area contributed by atoms with Crippen molar-refractivity contribution in [3.8, 4) is 0 Å². The molecule has 23 heavy (non-hydrogen) atoms. The van der Waals surface area contributed by atoms with Crippen LogP contribution in [-0.2, 0) is 0 Å². The molecule has 8 heteroatoms. The first-order valence-electron chi connectivity index (χ1n) is 8.13. The molecule has 0 bridgehead atoms. The van der Waals surface area contributed by atoms with E-state index in [9.17, 15) is 13.2 Å². The number of hydrogen-bond donors (Lipinski definition) is 1. The summed E-state index contributed by atoms with van der Waals surface area (Å²) in [6, 6.07) is 0. The molecule has 0 spiro atoms. The fraction of sp³-hybridized carbons (Fsp3) is 0.933. The minimum Gasteiger partial charge on any atom is -0.356 e. The molecular weight excluding hydrogens is 325 g/mol.